The van der Waals surface area contributed by atoms with Crippen molar-refractivity contribution < 1.29 is 18.7 Å². The molecular formula is C19H21ClN2O4. The standard InChI is InChI=1S/C19H20N2O4.ClH/c22-15(17-6-3-11-24-17)13-20-7-9-21(10-8-20)19(23)18-12-14-4-1-2-5-16(14)25-18;/h1-6,11-12,15,22H,7-10,13H2;1H. The van der Waals surface area contributed by atoms with Gasteiger partial charge in [-0.15, -0.1) is 12.4 Å². The van der Waals surface area contributed by atoms with E-state index in [-0.39, 0.29) is 18.3 Å². The Morgan fingerprint density at radius 1 is 1.12 bits per heavy atom. The highest BCUT2D eigenvalue weighted by atomic mass is 35.5. The summed E-state index contributed by atoms with van der Waals surface area (Å²) in [6.45, 7) is 3.15. The summed E-state index contributed by atoms with van der Waals surface area (Å²) in [7, 11) is 0. The van der Waals surface area contributed by atoms with Gasteiger partial charge >= 0.3 is 0 Å². The summed E-state index contributed by atoms with van der Waals surface area (Å²) < 4.78 is 10.9. The summed E-state index contributed by atoms with van der Waals surface area (Å²) in [5, 5.41) is 11.1. The lowest BCUT2D eigenvalue weighted by molar-refractivity contribution is 0.0467. The van der Waals surface area contributed by atoms with E-state index in [1.807, 2.05) is 24.3 Å². The van der Waals surface area contributed by atoms with Gasteiger partial charge in [-0.2, -0.15) is 0 Å². The summed E-state index contributed by atoms with van der Waals surface area (Å²) in [6.07, 6.45) is 0.912. The molecule has 0 aliphatic carbocycles. The second kappa shape index (κ2) is 7.95. The Balaban J connectivity index is 0.00000196. The van der Waals surface area contributed by atoms with Crippen molar-refractivity contribution in [1.82, 2.24) is 9.80 Å². The highest BCUT2D eigenvalue weighted by Crippen LogP contribution is 2.21. The molecule has 0 saturated carbocycles. The number of fused-ring (bicyclic) bond motifs is 1. The van der Waals surface area contributed by atoms with Crippen LogP contribution in [0.5, 0.6) is 0 Å². The van der Waals surface area contributed by atoms with Gasteiger partial charge in [-0.3, -0.25) is 9.69 Å². The van der Waals surface area contributed by atoms with Crippen LogP contribution in [-0.4, -0.2) is 53.5 Å². The van der Waals surface area contributed by atoms with Crippen LogP contribution in [0.15, 0.2) is 57.6 Å². The van der Waals surface area contributed by atoms with Gasteiger partial charge in [-0.05, 0) is 24.3 Å². The van der Waals surface area contributed by atoms with Gasteiger partial charge < -0.3 is 18.8 Å². The Labute approximate surface area is 157 Å². The minimum atomic E-state index is -0.646. The third-order valence-corrected chi connectivity index (χ3v) is 4.60. The average Bonchev–Trinajstić information content (AvgIpc) is 3.31. The topological polar surface area (TPSA) is 70.1 Å². The third kappa shape index (κ3) is 3.77. The largest absolute Gasteiger partial charge is 0.467 e. The molecule has 0 radical (unpaired) electrons. The van der Waals surface area contributed by atoms with E-state index >= 15 is 0 Å². The fourth-order valence-electron chi connectivity index (χ4n) is 3.19. The van der Waals surface area contributed by atoms with E-state index in [2.05, 4.69) is 4.90 Å². The Bertz CT molecular complexity index is 820. The highest BCUT2D eigenvalue weighted by Gasteiger charge is 2.26. The van der Waals surface area contributed by atoms with Gasteiger partial charge in [0.15, 0.2) is 5.76 Å². The normalized spacial score (nSPS) is 16.4. The minimum absolute atomic E-state index is 0. The Morgan fingerprint density at radius 2 is 1.88 bits per heavy atom. The van der Waals surface area contributed by atoms with Crippen LogP contribution < -0.4 is 0 Å². The highest BCUT2D eigenvalue weighted by molar-refractivity contribution is 5.96. The number of carbonyl (C=O) groups is 1. The molecule has 1 aliphatic heterocycles. The SMILES string of the molecule is Cl.O=C(c1cc2ccccc2o1)N1CCN(CC(O)c2ccco2)CC1. The summed E-state index contributed by atoms with van der Waals surface area (Å²) in [6, 6.07) is 12.9. The molecule has 26 heavy (non-hydrogen) atoms. The second-order valence-corrected chi connectivity index (χ2v) is 6.27. The molecule has 1 fully saturated rings. The first kappa shape index (κ1) is 18.5. The zero-order chi connectivity index (χ0) is 17.2. The summed E-state index contributed by atoms with van der Waals surface area (Å²) in [5.74, 6) is 0.869. The van der Waals surface area contributed by atoms with Crippen LogP contribution in [0.2, 0.25) is 0 Å². The smallest absolute Gasteiger partial charge is 0.289 e. The van der Waals surface area contributed by atoms with E-state index in [9.17, 15) is 9.90 Å². The van der Waals surface area contributed by atoms with Crippen molar-refractivity contribution in [1.29, 1.82) is 0 Å². The van der Waals surface area contributed by atoms with Gasteiger partial charge in [0.05, 0.1) is 6.26 Å². The lowest BCUT2D eigenvalue weighted by Gasteiger charge is -2.34. The summed E-state index contributed by atoms with van der Waals surface area (Å²) in [5.41, 5.74) is 0.728. The Hall–Kier alpha value is -2.28. The second-order valence-electron chi connectivity index (χ2n) is 6.27. The quantitative estimate of drug-likeness (QED) is 0.758. The molecule has 1 N–H and O–H groups in total. The predicted molar refractivity (Wildman–Crippen MR) is 99.5 cm³/mol. The number of β-amino-alcohol motifs (C(OH)–C–C–N with tert-alkyl or cyclic N) is 1. The molecule has 6 nitrogen and oxygen atoms in total. The molecule has 3 heterocycles. The fraction of sp³-hybridized carbons (Fsp3) is 0.316. The van der Waals surface area contributed by atoms with Crippen molar-refractivity contribution in [2.24, 2.45) is 0 Å². The van der Waals surface area contributed by atoms with E-state index < -0.39 is 6.10 Å². The van der Waals surface area contributed by atoms with Crippen LogP contribution in [0, 0.1) is 0 Å². The fourth-order valence-corrected chi connectivity index (χ4v) is 3.19. The Kier molecular flexibility index (Phi) is 5.66. The molecule has 1 aromatic carbocycles. The predicted octanol–water partition coefficient (Wildman–Crippen LogP) is 2.94. The first-order valence-corrected chi connectivity index (χ1v) is 8.42. The number of benzene rings is 1. The maximum atomic E-state index is 12.6. The Morgan fingerprint density at radius 3 is 2.58 bits per heavy atom. The van der Waals surface area contributed by atoms with Gasteiger partial charge in [0.2, 0.25) is 0 Å². The molecule has 7 heteroatoms. The first-order valence-electron chi connectivity index (χ1n) is 8.42. The number of rotatable bonds is 4. The number of aliphatic hydroxyl groups is 1. The molecule has 0 bridgehead atoms. The molecule has 4 rings (SSSR count). The molecule has 138 valence electrons. The maximum Gasteiger partial charge on any atom is 0.289 e. The van der Waals surface area contributed by atoms with E-state index in [1.54, 1.807) is 29.4 Å². The molecule has 1 amide bonds. The molecular weight excluding hydrogens is 356 g/mol. The van der Waals surface area contributed by atoms with E-state index in [4.69, 9.17) is 8.83 Å². The molecule has 1 aliphatic rings. The number of amides is 1. The van der Waals surface area contributed by atoms with Gasteiger partial charge in [-0.25, -0.2) is 0 Å². The number of piperazine rings is 1. The number of hydrogen-bond acceptors (Lipinski definition) is 5. The number of hydrogen-bond donors (Lipinski definition) is 1. The molecule has 0 spiro atoms. The van der Waals surface area contributed by atoms with Crippen molar-refractivity contribution in [3.8, 4) is 0 Å². The third-order valence-electron chi connectivity index (χ3n) is 4.60. The van der Waals surface area contributed by atoms with Crippen LogP contribution in [0.25, 0.3) is 11.0 Å². The van der Waals surface area contributed by atoms with Crippen LogP contribution in [0.1, 0.15) is 22.4 Å². The first-order chi connectivity index (χ1) is 12.2. The zero-order valence-electron chi connectivity index (χ0n) is 14.2. The molecule has 3 aromatic rings. The number of carbonyl (C=O) groups excluding carboxylic acids is 1. The summed E-state index contributed by atoms with van der Waals surface area (Å²) >= 11 is 0. The van der Waals surface area contributed by atoms with Crippen LogP contribution in [0.4, 0.5) is 0 Å². The maximum absolute atomic E-state index is 12.6. The monoisotopic (exact) mass is 376 g/mol. The molecule has 1 unspecified atom stereocenters. The number of para-hydroxylation sites is 1. The zero-order valence-corrected chi connectivity index (χ0v) is 15.0. The number of halogens is 1. The van der Waals surface area contributed by atoms with E-state index in [0.717, 1.165) is 11.0 Å². The lowest BCUT2D eigenvalue weighted by atomic mass is 10.2. The number of nitrogens with zero attached hydrogens (tertiary/aromatic N) is 2. The van der Waals surface area contributed by atoms with Crippen molar-refractivity contribution in [3.05, 3.63) is 60.2 Å². The molecule has 2 aromatic heterocycles. The average molecular weight is 377 g/mol. The molecule has 1 saturated heterocycles. The number of aliphatic hydroxyl groups excluding tert-OH is 1. The van der Waals surface area contributed by atoms with E-state index in [1.165, 1.54) is 0 Å². The van der Waals surface area contributed by atoms with Crippen LogP contribution >= 0.6 is 12.4 Å². The van der Waals surface area contributed by atoms with Crippen molar-refractivity contribution in [3.63, 3.8) is 0 Å². The van der Waals surface area contributed by atoms with Crippen molar-refractivity contribution >= 4 is 29.3 Å². The lowest BCUT2D eigenvalue weighted by Crippen LogP contribution is -2.49. The minimum Gasteiger partial charge on any atom is -0.467 e. The van der Waals surface area contributed by atoms with Gasteiger partial charge in [0.1, 0.15) is 17.4 Å². The van der Waals surface area contributed by atoms with Crippen LogP contribution in [-0.2, 0) is 0 Å². The van der Waals surface area contributed by atoms with Gasteiger partial charge in [-0.1, -0.05) is 18.2 Å². The van der Waals surface area contributed by atoms with Crippen LogP contribution in [0.3, 0.4) is 0 Å². The van der Waals surface area contributed by atoms with Crippen molar-refractivity contribution in [2.45, 2.75) is 6.10 Å². The number of furan rings is 2. The summed E-state index contributed by atoms with van der Waals surface area (Å²) in [4.78, 5) is 16.6. The van der Waals surface area contributed by atoms with Crippen molar-refractivity contribution in [2.75, 3.05) is 32.7 Å². The van der Waals surface area contributed by atoms with Gasteiger partial charge in [0, 0.05) is 38.1 Å². The van der Waals surface area contributed by atoms with E-state index in [0.29, 0.717) is 44.2 Å². The molecule has 1 atom stereocenters. The van der Waals surface area contributed by atoms with Gasteiger partial charge in [0.25, 0.3) is 5.91 Å².